The summed E-state index contributed by atoms with van der Waals surface area (Å²) in [6.07, 6.45) is 3.74. The molecule has 0 amide bonds. The van der Waals surface area contributed by atoms with Crippen molar-refractivity contribution in [2.75, 3.05) is 0 Å². The SMILES string of the molecule is c1ccc(-n2c3ccccc3c3cc(-c4ccc5c(c4)c4cc6ccccc6cc4n5-c4ccc5c(c4)-c4ccnc6nccc-5c46)ccc32)cc1. The van der Waals surface area contributed by atoms with E-state index in [1.54, 1.807) is 0 Å². The first-order valence-electron chi connectivity index (χ1n) is 17.7. The van der Waals surface area contributed by atoms with Crippen LogP contribution in [0.15, 0.2) is 170 Å². The molecule has 0 fully saturated rings. The molecule has 1 aliphatic carbocycles. The van der Waals surface area contributed by atoms with Crippen molar-refractivity contribution in [1.82, 2.24) is 19.1 Å². The summed E-state index contributed by atoms with van der Waals surface area (Å²) in [5.74, 6) is 0. The third-order valence-corrected chi connectivity index (χ3v) is 11.1. The van der Waals surface area contributed by atoms with Gasteiger partial charge in [0, 0.05) is 50.7 Å². The van der Waals surface area contributed by atoms with E-state index in [0.29, 0.717) is 0 Å². The molecule has 0 saturated heterocycles. The van der Waals surface area contributed by atoms with Gasteiger partial charge in [0.15, 0.2) is 5.65 Å². The summed E-state index contributed by atoms with van der Waals surface area (Å²) in [5.41, 5.74) is 15.2. The van der Waals surface area contributed by atoms with Crippen LogP contribution < -0.4 is 0 Å². The second kappa shape index (κ2) is 10.3. The maximum absolute atomic E-state index is 4.57. The zero-order valence-electron chi connectivity index (χ0n) is 28.0. The second-order valence-corrected chi connectivity index (χ2v) is 13.8. The predicted molar refractivity (Wildman–Crippen MR) is 216 cm³/mol. The van der Waals surface area contributed by atoms with E-state index in [1.807, 2.05) is 12.4 Å². The highest BCUT2D eigenvalue weighted by Crippen LogP contribution is 2.47. The Kier molecular flexibility index (Phi) is 5.47. The van der Waals surface area contributed by atoms with E-state index in [9.17, 15) is 0 Å². The molecule has 0 saturated carbocycles. The lowest BCUT2D eigenvalue weighted by Crippen LogP contribution is -1.95. The van der Waals surface area contributed by atoms with Crippen LogP contribution in [-0.4, -0.2) is 19.1 Å². The van der Waals surface area contributed by atoms with Crippen LogP contribution in [0.1, 0.15) is 0 Å². The maximum atomic E-state index is 4.57. The molecule has 0 aliphatic heterocycles. The van der Waals surface area contributed by atoms with Crippen molar-refractivity contribution < 1.29 is 0 Å². The number of benzene rings is 7. The molecule has 0 spiro atoms. The van der Waals surface area contributed by atoms with Crippen molar-refractivity contribution in [1.29, 1.82) is 0 Å². The van der Waals surface area contributed by atoms with Crippen LogP contribution in [0.25, 0.3) is 110 Å². The zero-order chi connectivity index (χ0) is 33.9. The zero-order valence-corrected chi connectivity index (χ0v) is 28.0. The average Bonchev–Trinajstić information content (AvgIpc) is 3.83. The molecule has 0 unspecified atom stereocenters. The summed E-state index contributed by atoms with van der Waals surface area (Å²) in [4.78, 5) is 9.14. The highest BCUT2D eigenvalue weighted by Gasteiger charge is 2.24. The van der Waals surface area contributed by atoms with Gasteiger partial charge in [-0.1, -0.05) is 78.9 Å². The predicted octanol–water partition coefficient (Wildman–Crippen LogP) is 12.3. The van der Waals surface area contributed by atoms with Crippen molar-refractivity contribution in [3.8, 4) is 44.8 Å². The first-order chi connectivity index (χ1) is 25.8. The van der Waals surface area contributed by atoms with E-state index in [2.05, 4.69) is 177 Å². The second-order valence-electron chi connectivity index (χ2n) is 13.8. The average molecular weight is 661 g/mol. The lowest BCUT2D eigenvalue weighted by molar-refractivity contribution is 1.18. The molecular weight excluding hydrogens is 633 g/mol. The normalized spacial score (nSPS) is 12.2. The quantitative estimate of drug-likeness (QED) is 0.189. The first kappa shape index (κ1) is 27.7. The molecule has 52 heavy (non-hydrogen) atoms. The minimum absolute atomic E-state index is 0.798. The molecule has 4 heterocycles. The summed E-state index contributed by atoms with van der Waals surface area (Å²) in [6.45, 7) is 0. The van der Waals surface area contributed by atoms with Gasteiger partial charge in [0.2, 0.25) is 0 Å². The van der Waals surface area contributed by atoms with E-state index in [0.717, 1.165) is 16.7 Å². The molecule has 7 aromatic carbocycles. The Hall–Kier alpha value is -7.04. The van der Waals surface area contributed by atoms with Crippen molar-refractivity contribution in [3.05, 3.63) is 170 Å². The van der Waals surface area contributed by atoms with Crippen molar-refractivity contribution in [2.24, 2.45) is 0 Å². The van der Waals surface area contributed by atoms with Gasteiger partial charge >= 0.3 is 0 Å². The van der Waals surface area contributed by atoms with Gasteiger partial charge in [-0.3, -0.25) is 0 Å². The standard InChI is InChI=1S/C48H28N4/c1-2-10-33(11-3-1)51-43-13-7-6-12-36(43)40-25-31(14-18-44(40)51)32-15-19-45-41(26-32)42-24-29-8-4-5-9-30(29)27-46(42)52(45)34-16-17-35-37-20-22-49-48-47(37)38(21-23-50-48)39(35)28-34/h1-28H. The van der Waals surface area contributed by atoms with E-state index >= 15 is 0 Å². The monoisotopic (exact) mass is 660 g/mol. The Balaban J connectivity index is 1.09. The van der Waals surface area contributed by atoms with Crippen LogP contribution in [0.2, 0.25) is 0 Å². The number of pyridine rings is 2. The molecule has 11 aromatic rings. The van der Waals surface area contributed by atoms with Crippen LogP contribution in [0.4, 0.5) is 0 Å². The van der Waals surface area contributed by atoms with Gasteiger partial charge < -0.3 is 9.13 Å². The number of rotatable bonds is 3. The molecule has 1 aliphatic rings. The topological polar surface area (TPSA) is 35.6 Å². The Morgan fingerprint density at radius 2 is 0.942 bits per heavy atom. The number of nitrogens with zero attached hydrogens (tertiary/aromatic N) is 4. The summed E-state index contributed by atoms with van der Waals surface area (Å²) < 4.78 is 4.82. The van der Waals surface area contributed by atoms with Gasteiger partial charge in [-0.25, -0.2) is 9.97 Å². The summed E-state index contributed by atoms with van der Waals surface area (Å²) in [5, 5.41) is 8.61. The third-order valence-electron chi connectivity index (χ3n) is 11.1. The number of aromatic nitrogens is 4. The number of hydrogen-bond acceptors (Lipinski definition) is 2. The Labute approximate surface area is 298 Å². The van der Waals surface area contributed by atoms with Crippen LogP contribution >= 0.6 is 0 Å². The Morgan fingerprint density at radius 1 is 0.346 bits per heavy atom. The lowest BCUT2D eigenvalue weighted by atomic mass is 10.00. The van der Waals surface area contributed by atoms with Crippen molar-refractivity contribution in [3.63, 3.8) is 0 Å². The van der Waals surface area contributed by atoms with Crippen LogP contribution in [0.3, 0.4) is 0 Å². The number of fused-ring (bicyclic) bond motifs is 10. The van der Waals surface area contributed by atoms with Crippen LogP contribution in [0, 0.1) is 0 Å². The maximum Gasteiger partial charge on any atom is 0.160 e. The van der Waals surface area contributed by atoms with Crippen molar-refractivity contribution >= 4 is 65.4 Å². The molecular formula is C48H28N4. The fourth-order valence-corrected chi connectivity index (χ4v) is 8.83. The molecule has 4 heteroatoms. The first-order valence-corrected chi connectivity index (χ1v) is 17.7. The van der Waals surface area contributed by atoms with E-state index in [-0.39, 0.29) is 0 Å². The Bertz CT molecular complexity index is 3290. The molecule has 4 nitrogen and oxygen atoms in total. The summed E-state index contributed by atoms with van der Waals surface area (Å²) in [6, 6.07) is 57.8. The van der Waals surface area contributed by atoms with Gasteiger partial charge in [0.25, 0.3) is 0 Å². The molecule has 0 atom stereocenters. The number of hydrogen-bond donors (Lipinski definition) is 0. The lowest BCUT2D eigenvalue weighted by Gasteiger charge is -2.12. The van der Waals surface area contributed by atoms with E-state index < -0.39 is 0 Å². The largest absolute Gasteiger partial charge is 0.309 e. The number of para-hydroxylation sites is 2. The minimum atomic E-state index is 0.798. The van der Waals surface area contributed by atoms with Crippen LogP contribution in [-0.2, 0) is 0 Å². The third kappa shape index (κ3) is 3.75. The molecule has 0 radical (unpaired) electrons. The fraction of sp³-hybridized carbons (Fsp3) is 0. The molecule has 12 rings (SSSR count). The minimum Gasteiger partial charge on any atom is -0.309 e. The Morgan fingerprint density at radius 3 is 1.71 bits per heavy atom. The smallest absolute Gasteiger partial charge is 0.160 e. The molecule has 0 N–H and O–H groups in total. The van der Waals surface area contributed by atoms with Crippen molar-refractivity contribution in [2.45, 2.75) is 0 Å². The molecule has 4 aromatic heterocycles. The summed E-state index contributed by atoms with van der Waals surface area (Å²) in [7, 11) is 0. The highest BCUT2D eigenvalue weighted by atomic mass is 15.0. The van der Waals surface area contributed by atoms with E-state index in [1.165, 1.54) is 93.5 Å². The van der Waals surface area contributed by atoms with Gasteiger partial charge in [-0.05, 0) is 123 Å². The highest BCUT2D eigenvalue weighted by molar-refractivity contribution is 6.17. The van der Waals surface area contributed by atoms with E-state index in [4.69, 9.17) is 0 Å². The molecule has 0 bridgehead atoms. The van der Waals surface area contributed by atoms with Crippen LogP contribution in [0.5, 0.6) is 0 Å². The van der Waals surface area contributed by atoms with Gasteiger partial charge in [0.05, 0.1) is 22.1 Å². The fourth-order valence-electron chi connectivity index (χ4n) is 8.83. The molecule has 240 valence electrons. The van der Waals surface area contributed by atoms with Gasteiger partial charge in [0.1, 0.15) is 0 Å². The van der Waals surface area contributed by atoms with Gasteiger partial charge in [-0.15, -0.1) is 0 Å². The van der Waals surface area contributed by atoms with Gasteiger partial charge in [-0.2, -0.15) is 0 Å². The summed E-state index contributed by atoms with van der Waals surface area (Å²) >= 11 is 0.